The van der Waals surface area contributed by atoms with Crippen molar-refractivity contribution in [2.24, 2.45) is 0 Å². The van der Waals surface area contributed by atoms with E-state index in [-0.39, 0.29) is 11.3 Å². The Kier molecular flexibility index (Phi) is 4.57. The molecule has 0 bridgehead atoms. The lowest BCUT2D eigenvalue weighted by atomic mass is 10.2. The summed E-state index contributed by atoms with van der Waals surface area (Å²) in [5.74, 6) is 3.56. The lowest BCUT2D eigenvalue weighted by Crippen LogP contribution is -2.41. The smallest absolute Gasteiger partial charge is 0.314 e. The molecule has 2 amide bonds. The fourth-order valence-corrected chi connectivity index (χ4v) is 1.53. The Balaban J connectivity index is 1.92. The molecule has 2 aromatic rings. The van der Waals surface area contributed by atoms with Crippen molar-refractivity contribution < 1.29 is 14.7 Å². The fraction of sp³-hybridized carbons (Fsp3) is 0. The number of hydrogen-bond donors (Lipinski definition) is 3. The van der Waals surface area contributed by atoms with E-state index in [0.717, 1.165) is 0 Å². The number of hydrazine groups is 1. The summed E-state index contributed by atoms with van der Waals surface area (Å²) in [6.45, 7) is 0. The Hall–Kier alpha value is -3.26. The van der Waals surface area contributed by atoms with E-state index in [9.17, 15) is 14.7 Å². The van der Waals surface area contributed by atoms with E-state index in [1.165, 1.54) is 12.1 Å². The molecule has 0 aliphatic rings. The first kappa shape index (κ1) is 14.2. The number of carbonyl (C=O) groups excluding carboxylic acids is 2. The molecule has 0 fully saturated rings. The van der Waals surface area contributed by atoms with E-state index >= 15 is 0 Å². The first-order chi connectivity index (χ1) is 10.2. The standard InChI is InChI=1S/C16H12N2O3/c19-14-9-5-4-8-13(14)16(21)18-17-15(20)11-10-12-6-2-1-3-7-12/h1-9,19H,(H,17,20)(H,18,21). The lowest BCUT2D eigenvalue weighted by molar-refractivity contribution is -0.116. The summed E-state index contributed by atoms with van der Waals surface area (Å²) in [7, 11) is 0. The quantitative estimate of drug-likeness (QED) is 0.542. The summed E-state index contributed by atoms with van der Waals surface area (Å²) >= 11 is 0. The molecule has 104 valence electrons. The van der Waals surface area contributed by atoms with Gasteiger partial charge >= 0.3 is 5.91 Å². The zero-order chi connectivity index (χ0) is 15.1. The summed E-state index contributed by atoms with van der Waals surface area (Å²) in [4.78, 5) is 23.2. The van der Waals surface area contributed by atoms with Gasteiger partial charge in [-0.25, -0.2) is 0 Å². The largest absolute Gasteiger partial charge is 0.507 e. The van der Waals surface area contributed by atoms with Gasteiger partial charge < -0.3 is 5.11 Å². The van der Waals surface area contributed by atoms with Crippen molar-refractivity contribution in [2.45, 2.75) is 0 Å². The molecule has 5 nitrogen and oxygen atoms in total. The molecule has 0 radical (unpaired) electrons. The van der Waals surface area contributed by atoms with E-state index in [1.54, 1.807) is 24.3 Å². The molecule has 0 saturated carbocycles. The Morgan fingerprint density at radius 1 is 0.905 bits per heavy atom. The van der Waals surface area contributed by atoms with Crippen LogP contribution in [0.2, 0.25) is 0 Å². The van der Waals surface area contributed by atoms with Gasteiger partial charge in [-0.05, 0) is 24.3 Å². The highest BCUT2D eigenvalue weighted by atomic mass is 16.3. The minimum Gasteiger partial charge on any atom is -0.507 e. The third-order valence-corrected chi connectivity index (χ3v) is 2.53. The number of amides is 2. The second-order valence-electron chi connectivity index (χ2n) is 4.04. The number of carbonyl (C=O) groups is 2. The SMILES string of the molecule is O=C(C#Cc1ccccc1)NNC(=O)c1ccccc1O. The first-order valence-corrected chi connectivity index (χ1v) is 6.12. The number of rotatable bonds is 1. The molecule has 0 aromatic heterocycles. The van der Waals surface area contributed by atoms with Gasteiger partial charge in [0.2, 0.25) is 0 Å². The topological polar surface area (TPSA) is 78.4 Å². The summed E-state index contributed by atoms with van der Waals surface area (Å²) in [6.07, 6.45) is 0. The monoisotopic (exact) mass is 280 g/mol. The number of phenolic OH excluding ortho intramolecular Hbond substituents is 1. The van der Waals surface area contributed by atoms with Gasteiger partial charge in [0.05, 0.1) is 5.56 Å². The predicted octanol–water partition coefficient (Wildman–Crippen LogP) is 1.20. The Bertz CT molecular complexity index is 715. The summed E-state index contributed by atoms with van der Waals surface area (Å²) < 4.78 is 0. The highest BCUT2D eigenvalue weighted by Gasteiger charge is 2.09. The van der Waals surface area contributed by atoms with Crippen molar-refractivity contribution in [1.82, 2.24) is 10.9 Å². The van der Waals surface area contributed by atoms with Crippen molar-refractivity contribution in [3.8, 4) is 17.6 Å². The van der Waals surface area contributed by atoms with Crippen molar-refractivity contribution in [3.05, 3.63) is 65.7 Å². The lowest BCUT2D eigenvalue weighted by Gasteiger charge is -2.05. The van der Waals surface area contributed by atoms with Gasteiger partial charge in [-0.2, -0.15) is 0 Å². The molecule has 0 heterocycles. The van der Waals surface area contributed by atoms with Crippen molar-refractivity contribution in [2.75, 3.05) is 0 Å². The summed E-state index contributed by atoms with van der Waals surface area (Å²) in [5, 5.41) is 9.50. The van der Waals surface area contributed by atoms with Gasteiger partial charge in [-0.1, -0.05) is 36.3 Å². The first-order valence-electron chi connectivity index (χ1n) is 6.12. The van der Waals surface area contributed by atoms with E-state index in [1.807, 2.05) is 18.2 Å². The zero-order valence-electron chi connectivity index (χ0n) is 11.0. The Morgan fingerprint density at radius 2 is 1.57 bits per heavy atom. The van der Waals surface area contributed by atoms with Gasteiger partial charge in [0.1, 0.15) is 5.75 Å². The van der Waals surface area contributed by atoms with Gasteiger partial charge in [-0.3, -0.25) is 20.4 Å². The minimum absolute atomic E-state index is 0.0637. The average molecular weight is 280 g/mol. The molecule has 5 heteroatoms. The number of para-hydroxylation sites is 1. The maximum Gasteiger partial charge on any atom is 0.314 e. The van der Waals surface area contributed by atoms with Crippen LogP contribution in [0.25, 0.3) is 0 Å². The van der Waals surface area contributed by atoms with Gasteiger partial charge in [-0.15, -0.1) is 0 Å². The second-order valence-corrected chi connectivity index (χ2v) is 4.04. The molecule has 0 unspecified atom stereocenters. The van der Waals surface area contributed by atoms with Gasteiger partial charge in [0, 0.05) is 11.5 Å². The number of nitrogens with one attached hydrogen (secondary N) is 2. The zero-order valence-corrected chi connectivity index (χ0v) is 11.0. The number of hydrogen-bond acceptors (Lipinski definition) is 3. The Labute approximate surface area is 121 Å². The molecular formula is C16H12N2O3. The number of benzene rings is 2. The minimum atomic E-state index is -0.650. The van der Waals surface area contributed by atoms with E-state index < -0.39 is 11.8 Å². The molecule has 2 aromatic carbocycles. The van der Waals surface area contributed by atoms with Crippen molar-refractivity contribution in [1.29, 1.82) is 0 Å². The van der Waals surface area contributed by atoms with Crippen molar-refractivity contribution >= 4 is 11.8 Å². The van der Waals surface area contributed by atoms with E-state index in [0.29, 0.717) is 5.56 Å². The number of aromatic hydroxyl groups is 1. The van der Waals surface area contributed by atoms with Crippen LogP contribution in [-0.4, -0.2) is 16.9 Å². The maximum atomic E-state index is 11.7. The third kappa shape index (κ3) is 4.11. The van der Waals surface area contributed by atoms with Crippen LogP contribution in [-0.2, 0) is 4.79 Å². The van der Waals surface area contributed by atoms with Gasteiger partial charge in [0.25, 0.3) is 5.91 Å². The highest BCUT2D eigenvalue weighted by Crippen LogP contribution is 2.14. The maximum absolute atomic E-state index is 11.7. The van der Waals surface area contributed by atoms with Crippen LogP contribution in [0.4, 0.5) is 0 Å². The van der Waals surface area contributed by atoms with Crippen LogP contribution < -0.4 is 10.9 Å². The predicted molar refractivity (Wildman–Crippen MR) is 77.0 cm³/mol. The molecule has 0 spiro atoms. The number of phenols is 1. The van der Waals surface area contributed by atoms with Crippen LogP contribution in [0.3, 0.4) is 0 Å². The average Bonchev–Trinajstić information content (AvgIpc) is 2.52. The third-order valence-electron chi connectivity index (χ3n) is 2.53. The second kappa shape index (κ2) is 6.78. The van der Waals surface area contributed by atoms with E-state index in [2.05, 4.69) is 22.7 Å². The van der Waals surface area contributed by atoms with Crippen LogP contribution in [0.1, 0.15) is 15.9 Å². The summed E-state index contributed by atoms with van der Waals surface area (Å²) in [5.41, 5.74) is 5.09. The van der Waals surface area contributed by atoms with Crippen LogP contribution in [0.15, 0.2) is 54.6 Å². The molecule has 21 heavy (non-hydrogen) atoms. The Morgan fingerprint density at radius 3 is 2.29 bits per heavy atom. The van der Waals surface area contributed by atoms with Crippen LogP contribution in [0, 0.1) is 11.8 Å². The molecule has 2 rings (SSSR count). The normalized spacial score (nSPS) is 9.14. The van der Waals surface area contributed by atoms with Crippen LogP contribution >= 0.6 is 0 Å². The molecule has 0 saturated heterocycles. The molecule has 0 aliphatic carbocycles. The molecular weight excluding hydrogens is 268 g/mol. The fourth-order valence-electron chi connectivity index (χ4n) is 1.53. The van der Waals surface area contributed by atoms with E-state index in [4.69, 9.17) is 0 Å². The summed E-state index contributed by atoms with van der Waals surface area (Å²) in [6, 6.07) is 15.0. The molecule has 0 aliphatic heterocycles. The van der Waals surface area contributed by atoms with Crippen molar-refractivity contribution in [3.63, 3.8) is 0 Å². The highest BCUT2D eigenvalue weighted by molar-refractivity contribution is 6.00. The van der Waals surface area contributed by atoms with Crippen LogP contribution in [0.5, 0.6) is 5.75 Å². The van der Waals surface area contributed by atoms with Gasteiger partial charge in [0.15, 0.2) is 0 Å². The molecule has 3 N–H and O–H groups in total. The molecule has 0 atom stereocenters.